The van der Waals surface area contributed by atoms with Gasteiger partial charge in [0.2, 0.25) is 0 Å². The molecule has 6 atom stereocenters. The molecule has 2 rings (SSSR count). The molecule has 0 heterocycles. The first kappa shape index (κ1) is 117. The number of alkyl halides is 2. The minimum Gasteiger partial charge on any atom is -0.395 e. The number of hydrogen-bond acceptors (Lipinski definition) is 31. The van der Waals surface area contributed by atoms with Crippen LogP contribution in [0.4, 0.5) is 17.7 Å². The molecule has 0 saturated heterocycles. The van der Waals surface area contributed by atoms with E-state index in [2.05, 4.69) is 89.9 Å². The summed E-state index contributed by atoms with van der Waals surface area (Å²) in [6.07, 6.45) is 9.85. The van der Waals surface area contributed by atoms with Gasteiger partial charge in [0, 0.05) is 76.4 Å². The molecule has 0 bridgehead atoms. The van der Waals surface area contributed by atoms with E-state index in [1.807, 2.05) is 12.1 Å². The number of benzene rings is 2. The second kappa shape index (κ2) is 96.5. The lowest BCUT2D eigenvalue weighted by Crippen LogP contribution is -2.05. The van der Waals surface area contributed by atoms with Gasteiger partial charge < -0.3 is 46.1 Å². The lowest BCUT2D eigenvalue weighted by molar-refractivity contribution is 0.0580. The molecule has 0 aliphatic heterocycles. The van der Waals surface area contributed by atoms with Crippen molar-refractivity contribution >= 4 is 101 Å². The van der Waals surface area contributed by atoms with Crippen LogP contribution in [0.3, 0.4) is 0 Å². The van der Waals surface area contributed by atoms with Gasteiger partial charge in [-0.1, -0.05) is 43.3 Å². The van der Waals surface area contributed by atoms with Gasteiger partial charge in [0.15, 0.2) is 13.7 Å². The van der Waals surface area contributed by atoms with Gasteiger partial charge in [0.05, 0.1) is 90.1 Å². The summed E-state index contributed by atoms with van der Waals surface area (Å²) in [5, 5.41) is 0. The van der Waals surface area contributed by atoms with E-state index in [1.54, 1.807) is 125 Å². The smallest absolute Gasteiger partial charge is 0.395 e. The van der Waals surface area contributed by atoms with Crippen molar-refractivity contribution in [2.24, 2.45) is 0 Å². The maximum atomic E-state index is 12.5. The highest BCUT2D eigenvalue weighted by Gasteiger charge is 2.31. The third-order valence-electron chi connectivity index (χ3n) is 7.85. The Labute approximate surface area is 628 Å². The number of terminal acetylenes is 2. The van der Waals surface area contributed by atoms with Crippen LogP contribution in [0.25, 0.3) is 0 Å². The number of para-hydroxylation sites is 2. The molecule has 0 aliphatic carbocycles. The van der Waals surface area contributed by atoms with Crippen molar-refractivity contribution in [1.29, 1.82) is 2.73 Å². The molecule has 6 unspecified atom stereocenters. The van der Waals surface area contributed by atoms with Crippen molar-refractivity contribution in [2.45, 2.75) is 76.1 Å². The molecular formula is C55H125F4O31P12+. The Hall–Kier alpha value is -0.530. The van der Waals surface area contributed by atoms with Gasteiger partial charge in [-0.3, -0.25) is 72.7 Å². The van der Waals surface area contributed by atoms with Crippen LogP contribution in [0.2, 0.25) is 0 Å². The zero-order valence-corrected chi connectivity index (χ0v) is 74.8. The summed E-state index contributed by atoms with van der Waals surface area (Å²) in [4.78, 5) is 0. The summed E-state index contributed by atoms with van der Waals surface area (Å²) in [6, 6.07) is 17.6. The average Bonchev–Trinajstić information content (AvgIpc) is 0.849. The van der Waals surface area contributed by atoms with Crippen molar-refractivity contribution < 1.29 is 165 Å². The number of methoxy groups -OCH3 is 2. The molecule has 0 aliphatic rings. The first-order chi connectivity index (χ1) is 50.0. The van der Waals surface area contributed by atoms with Crippen molar-refractivity contribution in [1.82, 2.24) is 0 Å². The molecule has 0 amide bonds. The fourth-order valence-electron chi connectivity index (χ4n) is 4.10. The fourth-order valence-corrected chi connectivity index (χ4v) is 9.89. The average molecular weight is 1740 g/mol. The molecule has 102 heavy (non-hydrogen) atoms. The molecule has 0 radical (unpaired) electrons. The van der Waals surface area contributed by atoms with E-state index in [1.165, 1.54) is 63.4 Å². The zero-order chi connectivity index (χ0) is 85.3. The highest BCUT2D eigenvalue weighted by molar-refractivity contribution is 7.53. The van der Waals surface area contributed by atoms with Gasteiger partial charge in [-0.15, -0.1) is 43.2 Å². The van der Waals surface area contributed by atoms with E-state index in [4.69, 9.17) is 75.9 Å². The Morgan fingerprint density at radius 3 is 0.961 bits per heavy atom. The predicted molar refractivity (Wildman–Crippen MR) is 416 cm³/mol. The number of hydrogen-bond donors (Lipinski definition) is 0. The molecule has 0 N–H and O–H groups in total. The van der Waals surface area contributed by atoms with E-state index in [9.17, 15) is 44.9 Å². The maximum Gasteiger partial charge on any atom is 0.587 e. The van der Waals surface area contributed by atoms with Crippen LogP contribution >= 0.6 is 101 Å². The molecule has 2 aromatic rings. The first-order valence-corrected chi connectivity index (χ1v) is 42.0. The van der Waals surface area contributed by atoms with Crippen LogP contribution < -0.4 is 9.05 Å². The highest BCUT2D eigenvalue weighted by atomic mass is 31.2. The molecule has 0 saturated carbocycles. The lowest BCUT2D eigenvalue weighted by atomic mass is 10.3. The van der Waals surface area contributed by atoms with E-state index < -0.39 is 76.7 Å². The molecule has 47 heteroatoms. The second-order valence-corrected chi connectivity index (χ2v) is 29.0. The van der Waals surface area contributed by atoms with E-state index in [0.29, 0.717) is 91.1 Å². The Bertz CT molecular complexity index is 2330. The summed E-state index contributed by atoms with van der Waals surface area (Å²) in [5.74, 6) is 5.38. The van der Waals surface area contributed by atoms with Crippen LogP contribution in [-0.2, 0) is 132 Å². The lowest BCUT2D eigenvalue weighted by Gasteiger charge is -2.18. The SMILES string of the molecule is C#CC.C#CC.CCOP(=O)(OCC)OCC.CCOP(=O)(OCC)OCC.CCOP(=O)(OCF)OCF.CCOP(=O)(Oc1ccccc1)Oc1ccccc1.COCCOCP(=O)(OC)OC.COP(=O)(OC)OC.COP(C)(=O)OC.P.P.[2H]C(P)COCCOC.[2H]CCP.[2H][3H].[2H][P+](=O)F.[3H]F. The van der Waals surface area contributed by atoms with E-state index in [-0.39, 0.29) is 45.5 Å². The minimum atomic E-state index is -3.97. The van der Waals surface area contributed by atoms with Gasteiger partial charge in [0.25, 0.3) is 1.45 Å². The molecule has 2 aromatic carbocycles. The zero-order valence-electron chi connectivity index (χ0n) is 68.5. The van der Waals surface area contributed by atoms with Gasteiger partial charge in [-0.2, -0.15) is 19.8 Å². The summed E-state index contributed by atoms with van der Waals surface area (Å²) in [6.45, 7) is 21.0. The Morgan fingerprint density at radius 1 is 0.520 bits per heavy atom. The third kappa shape index (κ3) is 99.5. The normalized spacial score (nSPS) is 11.3. The molecular weight excluding hydrogens is 1600 g/mol. The molecule has 618 valence electrons. The number of phosphoric ester groups is 5. The third-order valence-corrected chi connectivity index (χ3v) is 18.6. The summed E-state index contributed by atoms with van der Waals surface area (Å²) < 4.78 is 270. The van der Waals surface area contributed by atoms with Crippen LogP contribution in [0.1, 0.15) is 81.8 Å². The van der Waals surface area contributed by atoms with E-state index >= 15 is 0 Å². The Balaban J connectivity index is -0.0000000763. The highest BCUT2D eigenvalue weighted by Crippen LogP contribution is 2.52. The van der Waals surface area contributed by atoms with Crippen molar-refractivity contribution in [3.05, 3.63) is 60.7 Å². The second-order valence-electron chi connectivity index (χ2n) is 14.8. The Morgan fingerprint density at radius 2 is 0.775 bits per heavy atom. The largest absolute Gasteiger partial charge is 0.587 e. The summed E-state index contributed by atoms with van der Waals surface area (Å²) in [5.41, 5.74) is 0. The number of ether oxygens (including phenoxy) is 4. The van der Waals surface area contributed by atoms with Crippen LogP contribution in [0.5, 0.6) is 11.5 Å². The predicted octanol–water partition coefficient (Wildman–Crippen LogP) is 18.0. The van der Waals surface area contributed by atoms with Gasteiger partial charge in [-0.05, 0) is 110 Å². The van der Waals surface area contributed by atoms with Crippen LogP contribution in [0.15, 0.2) is 60.7 Å². The number of rotatable bonds is 41. The first-order valence-electron chi connectivity index (χ1n) is 31.9. The van der Waals surface area contributed by atoms with E-state index in [0.717, 1.165) is 6.16 Å². The number of halogens is 4. The van der Waals surface area contributed by atoms with Gasteiger partial charge in [0.1, 0.15) is 17.8 Å². The fraction of sp³-hybridized carbons (Fsp3) is 0.709. The van der Waals surface area contributed by atoms with Gasteiger partial charge >= 0.3 is 64.3 Å². The maximum absolute atomic E-state index is 12.5. The minimum absolute atomic E-state index is 0. The summed E-state index contributed by atoms with van der Waals surface area (Å²) >= 11 is 0. The Kier molecular flexibility index (Phi) is 111. The molecule has 0 aromatic heterocycles. The van der Waals surface area contributed by atoms with Crippen molar-refractivity contribution in [3.63, 3.8) is 0 Å². The van der Waals surface area contributed by atoms with Crippen LogP contribution in [-0.4, -0.2) is 192 Å². The molecule has 31 nitrogen and oxygen atoms in total. The quantitative estimate of drug-likeness (QED) is 0.0258. The topological polar surface area (TPSA) is 349 Å². The summed E-state index contributed by atoms with van der Waals surface area (Å²) in [7, 11) is -8.88. The number of phosphoric acid groups is 5. The molecule has 0 spiro atoms. The monoisotopic (exact) mass is 1740 g/mol. The molecule has 0 fully saturated rings. The van der Waals surface area contributed by atoms with Crippen LogP contribution in [0, 0.1) is 24.7 Å². The van der Waals surface area contributed by atoms with Gasteiger partial charge in [-0.25, -0.2) is 31.6 Å². The van der Waals surface area contributed by atoms with Crippen molar-refractivity contribution in [3.8, 4) is 36.2 Å². The standard InChI is InChI=1S/C14H15O4P.C6H15O5P.2C6H15O4P.C5H13O2P.C4H9F2O4P.C3H9O4P.C3H9O3P.2C3H4.C2H7P.FHOP.FH.2H3P.H2/c1-2-16-19(15,17-13-9-5-3-6-10-13)18-14-11-7-4-8-12-14;1-8-4-5-11-6-12(7,9-2)10-3;2*1-4-8-11(7,9-5-2)10-6-3;1-6-2-3-7-4-5-8;1-2-8-11(7,9-3-5)10-4-6;1-5-8(4,6-2)7-3;1-5-7(3,4)6-2;2*1-3-2;1-2-3;1-3-2;;;;/h3-12H,2H2,1H3;4-6H2,1-3H3;2*4-6H2,1-3H3;2-5,8H2,1H3;2-4H2,1H3;1-3H3;1-3H3;2*1H,2H3;2-3H2,1H3;3H;1H;2*1H3;1H/q;;;;;;;;;;;+1;;;;/i;;;;5D;;;;;;1D;3D;;;;1+2D/hT. The van der Waals surface area contributed by atoms with Crippen molar-refractivity contribution in [2.75, 3.05) is 189 Å².